The average Bonchev–Trinajstić information content (AvgIpc) is 2.54. The third-order valence-corrected chi connectivity index (χ3v) is 3.94. The van der Waals surface area contributed by atoms with Gasteiger partial charge in [-0.25, -0.2) is 0 Å². The SMILES string of the molecule is OCCCCCc1cc(CCCCO)c(CCCCO)cn1. The number of nitrogens with zero attached hydrogens (tertiary/aromatic N) is 1. The highest BCUT2D eigenvalue weighted by Crippen LogP contribution is 2.17. The second-order valence-corrected chi connectivity index (χ2v) is 5.84. The quantitative estimate of drug-likeness (QED) is 0.489. The molecule has 1 heterocycles. The van der Waals surface area contributed by atoms with Crippen molar-refractivity contribution >= 4 is 0 Å². The summed E-state index contributed by atoms with van der Waals surface area (Å²) in [7, 11) is 0. The van der Waals surface area contributed by atoms with Crippen molar-refractivity contribution in [2.45, 2.75) is 64.2 Å². The first-order chi connectivity index (χ1) is 10.8. The third-order valence-electron chi connectivity index (χ3n) is 3.94. The molecule has 1 rings (SSSR count). The zero-order chi connectivity index (χ0) is 16.0. The van der Waals surface area contributed by atoms with E-state index in [1.807, 2.05) is 6.20 Å². The number of pyridine rings is 1. The van der Waals surface area contributed by atoms with Gasteiger partial charge in [0.2, 0.25) is 0 Å². The topological polar surface area (TPSA) is 73.6 Å². The van der Waals surface area contributed by atoms with Gasteiger partial charge in [0, 0.05) is 31.7 Å². The Kier molecular flexibility index (Phi) is 10.9. The number of aliphatic hydroxyl groups is 3. The van der Waals surface area contributed by atoms with Gasteiger partial charge in [-0.1, -0.05) is 6.42 Å². The van der Waals surface area contributed by atoms with Gasteiger partial charge in [-0.05, 0) is 75.0 Å². The first kappa shape index (κ1) is 19.1. The number of aromatic nitrogens is 1. The number of unbranched alkanes of at least 4 members (excludes halogenated alkanes) is 4. The molecule has 0 aliphatic rings. The lowest BCUT2D eigenvalue weighted by Gasteiger charge is -2.11. The fourth-order valence-electron chi connectivity index (χ4n) is 2.62. The highest BCUT2D eigenvalue weighted by atomic mass is 16.3. The zero-order valence-electron chi connectivity index (χ0n) is 13.6. The van der Waals surface area contributed by atoms with Crippen LogP contribution in [0.25, 0.3) is 0 Å². The lowest BCUT2D eigenvalue weighted by molar-refractivity contribution is 0.283. The molecule has 0 radical (unpaired) electrons. The molecule has 4 heteroatoms. The maximum Gasteiger partial charge on any atom is 0.0431 e. The maximum absolute atomic E-state index is 8.95. The minimum atomic E-state index is 0.246. The summed E-state index contributed by atoms with van der Waals surface area (Å²) < 4.78 is 0. The molecule has 0 saturated heterocycles. The van der Waals surface area contributed by atoms with E-state index >= 15 is 0 Å². The highest BCUT2D eigenvalue weighted by molar-refractivity contribution is 5.27. The van der Waals surface area contributed by atoms with E-state index in [1.165, 1.54) is 11.1 Å². The van der Waals surface area contributed by atoms with Gasteiger partial charge in [0.1, 0.15) is 0 Å². The monoisotopic (exact) mass is 309 g/mol. The molecular formula is C18H31NO3. The fourth-order valence-corrected chi connectivity index (χ4v) is 2.62. The minimum Gasteiger partial charge on any atom is -0.396 e. The second kappa shape index (κ2) is 12.6. The first-order valence-electron chi connectivity index (χ1n) is 8.61. The molecule has 4 nitrogen and oxygen atoms in total. The van der Waals surface area contributed by atoms with E-state index in [0.29, 0.717) is 0 Å². The summed E-state index contributed by atoms with van der Waals surface area (Å²) in [6.45, 7) is 0.763. The number of aliphatic hydroxyl groups excluding tert-OH is 3. The van der Waals surface area contributed by atoms with Gasteiger partial charge in [0.15, 0.2) is 0 Å². The Labute approximate surface area is 134 Å². The van der Waals surface area contributed by atoms with Gasteiger partial charge >= 0.3 is 0 Å². The molecule has 22 heavy (non-hydrogen) atoms. The largest absolute Gasteiger partial charge is 0.396 e. The van der Waals surface area contributed by atoms with Gasteiger partial charge in [-0.2, -0.15) is 0 Å². The molecule has 0 spiro atoms. The molecule has 0 aromatic carbocycles. The van der Waals surface area contributed by atoms with Crippen LogP contribution in [0.4, 0.5) is 0 Å². The van der Waals surface area contributed by atoms with Crippen molar-refractivity contribution in [1.29, 1.82) is 0 Å². The summed E-state index contributed by atoms with van der Waals surface area (Å²) in [6.07, 6.45) is 11.5. The van der Waals surface area contributed by atoms with Gasteiger partial charge in [-0.15, -0.1) is 0 Å². The zero-order valence-corrected chi connectivity index (χ0v) is 13.6. The van der Waals surface area contributed by atoms with Crippen molar-refractivity contribution in [1.82, 2.24) is 4.98 Å². The van der Waals surface area contributed by atoms with E-state index in [4.69, 9.17) is 15.3 Å². The molecule has 0 aliphatic carbocycles. The Balaban J connectivity index is 2.61. The fraction of sp³-hybridized carbons (Fsp3) is 0.722. The van der Waals surface area contributed by atoms with Crippen molar-refractivity contribution in [2.75, 3.05) is 19.8 Å². The van der Waals surface area contributed by atoms with Crippen LogP contribution in [-0.2, 0) is 19.3 Å². The molecule has 0 unspecified atom stereocenters. The Morgan fingerprint density at radius 1 is 0.636 bits per heavy atom. The van der Waals surface area contributed by atoms with Gasteiger partial charge in [-0.3, -0.25) is 4.98 Å². The molecule has 1 aromatic heterocycles. The van der Waals surface area contributed by atoms with Crippen LogP contribution < -0.4 is 0 Å². The summed E-state index contributed by atoms with van der Waals surface area (Å²) in [5.41, 5.74) is 3.76. The van der Waals surface area contributed by atoms with E-state index in [1.54, 1.807) is 0 Å². The van der Waals surface area contributed by atoms with Gasteiger partial charge < -0.3 is 15.3 Å². The van der Waals surface area contributed by atoms with Crippen molar-refractivity contribution in [3.05, 3.63) is 29.1 Å². The van der Waals surface area contributed by atoms with Gasteiger partial charge in [0.25, 0.3) is 0 Å². The van der Waals surface area contributed by atoms with Crippen LogP contribution in [0.1, 0.15) is 61.8 Å². The smallest absolute Gasteiger partial charge is 0.0431 e. The summed E-state index contributed by atoms with van der Waals surface area (Å²) in [5.74, 6) is 0. The Morgan fingerprint density at radius 3 is 1.82 bits per heavy atom. The van der Waals surface area contributed by atoms with Crippen LogP contribution >= 0.6 is 0 Å². The lowest BCUT2D eigenvalue weighted by Crippen LogP contribution is -2.02. The molecule has 3 N–H and O–H groups in total. The van der Waals surface area contributed by atoms with E-state index in [0.717, 1.165) is 69.9 Å². The summed E-state index contributed by atoms with van der Waals surface area (Å²) in [5, 5.41) is 26.7. The third kappa shape index (κ3) is 7.87. The van der Waals surface area contributed by atoms with Crippen LogP contribution in [-0.4, -0.2) is 40.1 Å². The molecule has 0 fully saturated rings. The molecule has 0 saturated carbocycles. The summed E-state index contributed by atoms with van der Waals surface area (Å²) in [6, 6.07) is 2.21. The van der Waals surface area contributed by atoms with Crippen molar-refractivity contribution in [2.24, 2.45) is 0 Å². The molecule has 1 aromatic rings. The molecule has 0 aliphatic heterocycles. The number of hydrogen-bond acceptors (Lipinski definition) is 4. The Hall–Kier alpha value is -0.970. The van der Waals surface area contributed by atoms with Crippen LogP contribution in [0.15, 0.2) is 12.3 Å². The van der Waals surface area contributed by atoms with E-state index < -0.39 is 0 Å². The Morgan fingerprint density at radius 2 is 1.18 bits per heavy atom. The van der Waals surface area contributed by atoms with Crippen molar-refractivity contribution in [3.8, 4) is 0 Å². The van der Waals surface area contributed by atoms with Crippen LogP contribution in [0.3, 0.4) is 0 Å². The molecular weight excluding hydrogens is 278 g/mol. The van der Waals surface area contributed by atoms with E-state index in [9.17, 15) is 0 Å². The Bertz CT molecular complexity index is 396. The minimum absolute atomic E-state index is 0.246. The molecule has 126 valence electrons. The van der Waals surface area contributed by atoms with Crippen molar-refractivity contribution < 1.29 is 15.3 Å². The lowest BCUT2D eigenvalue weighted by atomic mass is 9.98. The van der Waals surface area contributed by atoms with Crippen molar-refractivity contribution in [3.63, 3.8) is 0 Å². The number of rotatable bonds is 13. The predicted molar refractivity (Wildman–Crippen MR) is 88.9 cm³/mol. The van der Waals surface area contributed by atoms with E-state index in [-0.39, 0.29) is 19.8 Å². The summed E-state index contributed by atoms with van der Waals surface area (Å²) >= 11 is 0. The predicted octanol–water partition coefficient (Wildman–Crippen LogP) is 2.42. The number of hydrogen-bond donors (Lipinski definition) is 3. The normalized spacial score (nSPS) is 11.0. The molecule has 0 amide bonds. The van der Waals surface area contributed by atoms with E-state index in [2.05, 4.69) is 11.1 Å². The van der Waals surface area contributed by atoms with Crippen LogP contribution in [0.5, 0.6) is 0 Å². The average molecular weight is 309 g/mol. The van der Waals surface area contributed by atoms with Crippen LogP contribution in [0, 0.1) is 0 Å². The standard InChI is InChI=1S/C18H31NO3/c20-11-5-1-2-10-18-14-16(8-3-6-12-21)17(15-19-18)9-4-7-13-22/h14-15,20-22H,1-13H2. The summed E-state index contributed by atoms with van der Waals surface area (Å²) in [4.78, 5) is 4.57. The van der Waals surface area contributed by atoms with Gasteiger partial charge in [0.05, 0.1) is 0 Å². The highest BCUT2D eigenvalue weighted by Gasteiger charge is 2.06. The van der Waals surface area contributed by atoms with Crippen LogP contribution in [0.2, 0.25) is 0 Å². The number of aryl methyl sites for hydroxylation is 3. The second-order valence-electron chi connectivity index (χ2n) is 5.84. The maximum atomic E-state index is 8.95. The first-order valence-corrected chi connectivity index (χ1v) is 8.61. The molecule has 0 bridgehead atoms. The molecule has 0 atom stereocenters.